The highest BCUT2D eigenvalue weighted by Crippen LogP contribution is 2.55. The van der Waals surface area contributed by atoms with Crippen LogP contribution in [0.15, 0.2) is 0 Å². The Bertz CT molecular complexity index is 623. The molecule has 6 rings (SSSR count). The SMILES string of the molecule is CC(C)C[C@H]1COC(=O)N1C1CCN(C(=S)NC23CC4CC(CC(C4)C2)C3)CC1. The standard InChI is InChI=1S/C23H37N3O2S/c1-15(2)7-20-14-28-22(27)26(20)19-3-5-25(6-4-19)21(29)24-23-11-16-8-17(12-23)10-18(9-16)13-23/h15-20H,3-14H2,1-2H3,(H,24,29)/t16?,17?,18?,20-,23?/m0/s1. The Hall–Kier alpha value is -1.04. The molecule has 4 aliphatic carbocycles. The molecule has 29 heavy (non-hydrogen) atoms. The molecule has 4 bridgehead atoms. The van der Waals surface area contributed by atoms with Crippen molar-refractivity contribution in [2.24, 2.45) is 23.7 Å². The summed E-state index contributed by atoms with van der Waals surface area (Å²) in [6.07, 6.45) is 11.3. The minimum atomic E-state index is -0.108. The first kappa shape index (κ1) is 19.9. The van der Waals surface area contributed by atoms with Crippen molar-refractivity contribution in [1.29, 1.82) is 0 Å². The van der Waals surface area contributed by atoms with Gasteiger partial charge in [-0.3, -0.25) is 4.90 Å². The van der Waals surface area contributed by atoms with E-state index in [1.807, 2.05) is 4.90 Å². The largest absolute Gasteiger partial charge is 0.447 e. The van der Waals surface area contributed by atoms with E-state index >= 15 is 0 Å². The van der Waals surface area contributed by atoms with Crippen LogP contribution >= 0.6 is 12.2 Å². The molecule has 0 unspecified atom stereocenters. The van der Waals surface area contributed by atoms with E-state index in [4.69, 9.17) is 17.0 Å². The minimum Gasteiger partial charge on any atom is -0.447 e. The van der Waals surface area contributed by atoms with Crippen molar-refractivity contribution in [3.05, 3.63) is 0 Å². The van der Waals surface area contributed by atoms with E-state index in [1.165, 1.54) is 38.5 Å². The Labute approximate surface area is 180 Å². The van der Waals surface area contributed by atoms with Crippen LogP contribution in [0.2, 0.25) is 0 Å². The van der Waals surface area contributed by atoms with Gasteiger partial charge in [-0.1, -0.05) is 13.8 Å². The summed E-state index contributed by atoms with van der Waals surface area (Å²) in [4.78, 5) is 16.8. The molecule has 0 radical (unpaired) electrons. The van der Waals surface area contributed by atoms with Gasteiger partial charge in [0.2, 0.25) is 0 Å². The van der Waals surface area contributed by atoms with Gasteiger partial charge in [0.1, 0.15) is 6.61 Å². The smallest absolute Gasteiger partial charge is 0.410 e. The molecule has 1 N–H and O–H groups in total. The van der Waals surface area contributed by atoms with Crippen molar-refractivity contribution in [2.45, 2.75) is 89.3 Å². The number of nitrogens with one attached hydrogen (secondary N) is 1. The fourth-order valence-electron chi connectivity index (χ4n) is 7.56. The van der Waals surface area contributed by atoms with Gasteiger partial charge >= 0.3 is 6.09 Å². The lowest BCUT2D eigenvalue weighted by Gasteiger charge is -2.57. The molecule has 2 heterocycles. The van der Waals surface area contributed by atoms with Gasteiger partial charge in [-0.2, -0.15) is 0 Å². The molecule has 0 aromatic rings. The second kappa shape index (κ2) is 7.58. The minimum absolute atomic E-state index is 0.108. The van der Waals surface area contributed by atoms with Crippen molar-refractivity contribution < 1.29 is 9.53 Å². The number of ether oxygens (including phenoxy) is 1. The monoisotopic (exact) mass is 419 g/mol. The zero-order chi connectivity index (χ0) is 20.2. The summed E-state index contributed by atoms with van der Waals surface area (Å²) in [6.45, 7) is 6.89. The van der Waals surface area contributed by atoms with Crippen LogP contribution < -0.4 is 5.32 Å². The summed E-state index contributed by atoms with van der Waals surface area (Å²) < 4.78 is 5.40. The van der Waals surface area contributed by atoms with E-state index in [0.29, 0.717) is 18.6 Å². The molecule has 6 fully saturated rings. The molecule has 6 aliphatic rings. The van der Waals surface area contributed by atoms with Crippen molar-refractivity contribution in [3.8, 4) is 0 Å². The fraction of sp³-hybridized carbons (Fsp3) is 0.913. The van der Waals surface area contributed by atoms with E-state index in [1.54, 1.807) is 0 Å². The number of rotatable bonds is 4. The third-order valence-electron chi connectivity index (χ3n) is 8.30. The molecule has 0 spiro atoms. The highest BCUT2D eigenvalue weighted by Gasteiger charge is 2.51. The quantitative estimate of drug-likeness (QED) is 0.693. The van der Waals surface area contributed by atoms with Crippen molar-refractivity contribution in [2.75, 3.05) is 19.7 Å². The van der Waals surface area contributed by atoms with Crippen molar-refractivity contribution >= 4 is 23.4 Å². The van der Waals surface area contributed by atoms with E-state index in [-0.39, 0.29) is 17.7 Å². The first-order chi connectivity index (χ1) is 13.9. The fourth-order valence-corrected chi connectivity index (χ4v) is 7.96. The normalized spacial score (nSPS) is 39.3. The van der Waals surface area contributed by atoms with E-state index in [0.717, 1.165) is 55.2 Å². The molecule has 5 nitrogen and oxygen atoms in total. The number of amides is 1. The number of nitrogens with zero attached hydrogens (tertiary/aromatic N) is 2. The zero-order valence-corrected chi connectivity index (χ0v) is 18.9. The number of carbonyl (C=O) groups is 1. The highest BCUT2D eigenvalue weighted by molar-refractivity contribution is 7.80. The Balaban J connectivity index is 1.17. The average molecular weight is 420 g/mol. The van der Waals surface area contributed by atoms with Crippen LogP contribution in [-0.4, -0.2) is 58.3 Å². The number of thiocarbonyl (C=S) groups is 1. The maximum absolute atomic E-state index is 12.3. The van der Waals surface area contributed by atoms with Crippen LogP contribution in [-0.2, 0) is 4.74 Å². The van der Waals surface area contributed by atoms with Crippen LogP contribution in [0.3, 0.4) is 0 Å². The maximum Gasteiger partial charge on any atom is 0.410 e. The lowest BCUT2D eigenvalue weighted by Crippen LogP contribution is -2.62. The van der Waals surface area contributed by atoms with Gasteiger partial charge < -0.3 is 15.0 Å². The molecule has 0 aromatic carbocycles. The zero-order valence-electron chi connectivity index (χ0n) is 18.1. The summed E-state index contributed by atoms with van der Waals surface area (Å²) in [5.74, 6) is 3.37. The predicted octanol–water partition coefficient (Wildman–Crippen LogP) is 4.16. The molecular formula is C23H37N3O2S. The molecule has 162 valence electrons. The summed E-state index contributed by atoms with van der Waals surface area (Å²) in [6, 6.07) is 0.545. The van der Waals surface area contributed by atoms with Crippen LogP contribution in [0.1, 0.15) is 71.6 Å². The van der Waals surface area contributed by atoms with Gasteiger partial charge in [0.15, 0.2) is 5.11 Å². The number of piperidine rings is 1. The highest BCUT2D eigenvalue weighted by atomic mass is 32.1. The summed E-state index contributed by atoms with van der Waals surface area (Å²) in [5.41, 5.74) is 0.282. The maximum atomic E-state index is 12.3. The van der Waals surface area contributed by atoms with Gasteiger partial charge in [-0.05, 0) is 93.7 Å². The van der Waals surface area contributed by atoms with E-state index < -0.39 is 0 Å². The van der Waals surface area contributed by atoms with Crippen LogP contribution in [0, 0.1) is 23.7 Å². The summed E-state index contributed by atoms with van der Waals surface area (Å²) in [7, 11) is 0. The lowest BCUT2D eigenvalue weighted by molar-refractivity contribution is -0.0115. The number of hydrogen-bond donors (Lipinski definition) is 1. The molecule has 6 heteroatoms. The second-order valence-electron chi connectivity index (χ2n) is 11.1. The molecular weight excluding hydrogens is 382 g/mol. The van der Waals surface area contributed by atoms with Crippen LogP contribution in [0.4, 0.5) is 4.79 Å². The Kier molecular flexibility index (Phi) is 5.20. The number of likely N-dealkylation sites (tertiary alicyclic amines) is 1. The molecule has 1 atom stereocenters. The number of cyclic esters (lactones) is 1. The van der Waals surface area contributed by atoms with Gasteiger partial charge in [-0.25, -0.2) is 4.79 Å². The summed E-state index contributed by atoms with van der Waals surface area (Å²) >= 11 is 5.90. The molecule has 1 amide bonds. The van der Waals surface area contributed by atoms with E-state index in [9.17, 15) is 4.79 Å². The third-order valence-corrected chi connectivity index (χ3v) is 8.66. The van der Waals surface area contributed by atoms with Gasteiger partial charge in [0.05, 0.1) is 6.04 Å². The van der Waals surface area contributed by atoms with Crippen molar-refractivity contribution in [3.63, 3.8) is 0 Å². The van der Waals surface area contributed by atoms with Crippen LogP contribution in [0.5, 0.6) is 0 Å². The number of carbonyl (C=O) groups excluding carboxylic acids is 1. The topological polar surface area (TPSA) is 44.8 Å². The van der Waals surface area contributed by atoms with Gasteiger partial charge in [0.25, 0.3) is 0 Å². The molecule has 4 saturated carbocycles. The first-order valence-electron chi connectivity index (χ1n) is 11.9. The molecule has 2 aliphatic heterocycles. The Morgan fingerprint density at radius 2 is 1.72 bits per heavy atom. The Morgan fingerprint density at radius 1 is 1.14 bits per heavy atom. The van der Waals surface area contributed by atoms with Crippen LogP contribution in [0.25, 0.3) is 0 Å². The lowest BCUT2D eigenvalue weighted by atomic mass is 9.53. The molecule has 0 aromatic heterocycles. The van der Waals surface area contributed by atoms with E-state index in [2.05, 4.69) is 24.1 Å². The average Bonchev–Trinajstić information content (AvgIpc) is 3.00. The summed E-state index contributed by atoms with van der Waals surface area (Å²) in [5, 5.41) is 4.84. The van der Waals surface area contributed by atoms with Gasteiger partial charge in [0, 0.05) is 24.7 Å². The predicted molar refractivity (Wildman–Crippen MR) is 118 cm³/mol. The van der Waals surface area contributed by atoms with Crippen molar-refractivity contribution in [1.82, 2.24) is 15.1 Å². The molecule has 2 saturated heterocycles. The second-order valence-corrected chi connectivity index (χ2v) is 11.5. The number of hydrogen-bond acceptors (Lipinski definition) is 3. The Morgan fingerprint density at radius 3 is 2.28 bits per heavy atom. The third kappa shape index (κ3) is 3.86. The first-order valence-corrected chi connectivity index (χ1v) is 12.3. The van der Waals surface area contributed by atoms with Gasteiger partial charge in [-0.15, -0.1) is 0 Å².